The molecule has 0 aromatic heterocycles. The fourth-order valence-corrected chi connectivity index (χ4v) is 13.3. The number of fused-ring (bicyclic) bond motifs is 4. The number of imide groups is 1. The number of anilines is 2. The molecule has 0 aliphatic carbocycles. The average molecular weight is 1110 g/mol. The highest BCUT2D eigenvalue weighted by atomic mass is 19.1. The predicted molar refractivity (Wildman–Crippen MR) is 315 cm³/mol. The second-order valence-corrected chi connectivity index (χ2v) is 22.8. The number of ether oxygens (including phenoxy) is 2. The first-order valence-corrected chi connectivity index (χ1v) is 28.9. The summed E-state index contributed by atoms with van der Waals surface area (Å²) in [6.45, 7) is 13.6. The number of carbonyl (C=O) groups excluding carboxylic acids is 4. The Morgan fingerprint density at radius 3 is 2.41 bits per heavy atom. The Bertz CT molecular complexity index is 2950. The number of hydrogen-bond donors (Lipinski definition) is 2. The minimum atomic E-state index is -0.654. The molecule has 2 N–H and O–H groups in total. The van der Waals surface area contributed by atoms with Crippen LogP contribution in [0.5, 0.6) is 0 Å². The van der Waals surface area contributed by atoms with E-state index in [1.165, 1.54) is 38.0 Å². The molecule has 432 valence electrons. The van der Waals surface area contributed by atoms with Gasteiger partial charge in [-0.1, -0.05) is 36.3 Å². The maximum absolute atomic E-state index is 16.2. The van der Waals surface area contributed by atoms with Gasteiger partial charge in [0, 0.05) is 108 Å². The molecule has 7 heterocycles. The second-order valence-electron chi connectivity index (χ2n) is 22.8. The van der Waals surface area contributed by atoms with Crippen LogP contribution in [0.1, 0.15) is 107 Å². The number of aliphatic imine (C=N–C) groups is 3. The van der Waals surface area contributed by atoms with Crippen LogP contribution in [0.4, 0.5) is 25.0 Å². The van der Waals surface area contributed by atoms with Crippen LogP contribution < -0.4 is 20.4 Å². The number of halogens is 2. The van der Waals surface area contributed by atoms with Crippen molar-refractivity contribution in [2.75, 3.05) is 96.7 Å². The zero-order chi connectivity index (χ0) is 57.2. The molecule has 6 fully saturated rings. The molecule has 5 atom stereocenters. The fourth-order valence-electron chi connectivity index (χ4n) is 13.3. The van der Waals surface area contributed by atoms with Crippen molar-refractivity contribution < 1.29 is 37.4 Å². The number of piperidine rings is 2. The third-order valence-electron chi connectivity index (χ3n) is 17.6. The van der Waals surface area contributed by atoms with Crippen molar-refractivity contribution in [1.82, 2.24) is 30.2 Å². The summed E-state index contributed by atoms with van der Waals surface area (Å²) < 4.78 is 41.6. The van der Waals surface area contributed by atoms with E-state index in [-0.39, 0.29) is 48.2 Å². The highest BCUT2D eigenvalue weighted by molar-refractivity contribution is 6.29. The van der Waals surface area contributed by atoms with Crippen LogP contribution in [0.15, 0.2) is 80.7 Å². The summed E-state index contributed by atoms with van der Waals surface area (Å²) in [5.41, 5.74) is 4.07. The number of likely N-dealkylation sites (tertiary alicyclic amines) is 3. The van der Waals surface area contributed by atoms with Crippen molar-refractivity contribution in [2.24, 2.45) is 20.9 Å². The summed E-state index contributed by atoms with van der Waals surface area (Å²) in [6.07, 6.45) is 20.3. The van der Waals surface area contributed by atoms with Gasteiger partial charge in [-0.3, -0.25) is 34.6 Å². The van der Waals surface area contributed by atoms with E-state index in [9.17, 15) is 23.6 Å². The molecular formula is C62H79F2N11O6. The molecule has 0 spiro atoms. The quantitative estimate of drug-likeness (QED) is 0.0723. The minimum absolute atomic E-state index is 0.0279. The predicted octanol–water partition coefficient (Wildman–Crippen LogP) is 7.89. The summed E-state index contributed by atoms with van der Waals surface area (Å²) in [5.74, 6) is 2.46. The zero-order valence-electron chi connectivity index (χ0n) is 47.5. The van der Waals surface area contributed by atoms with Gasteiger partial charge in [0.1, 0.15) is 36.4 Å². The van der Waals surface area contributed by atoms with Crippen LogP contribution in [0.2, 0.25) is 0 Å². The molecule has 3 aromatic rings. The van der Waals surface area contributed by atoms with Crippen molar-refractivity contribution in [2.45, 2.75) is 120 Å². The van der Waals surface area contributed by atoms with E-state index in [1.54, 1.807) is 35.4 Å². The fraction of sp³-hybridized carbons (Fsp3) is 0.532. The van der Waals surface area contributed by atoms with Gasteiger partial charge in [-0.25, -0.2) is 18.6 Å². The molecule has 0 radical (unpaired) electrons. The lowest BCUT2D eigenvalue weighted by Gasteiger charge is -2.38. The van der Waals surface area contributed by atoms with Gasteiger partial charge < -0.3 is 39.3 Å². The zero-order valence-corrected chi connectivity index (χ0v) is 47.5. The number of allylic oxidation sites excluding steroid dienone is 2. The van der Waals surface area contributed by atoms with Crippen molar-refractivity contribution in [3.63, 3.8) is 0 Å². The Morgan fingerprint density at radius 2 is 1.72 bits per heavy atom. The Balaban J connectivity index is 0.000000203. The first-order valence-electron chi connectivity index (χ1n) is 28.9. The van der Waals surface area contributed by atoms with E-state index < -0.39 is 11.6 Å². The Hall–Kier alpha value is -6.85. The van der Waals surface area contributed by atoms with E-state index in [1.807, 2.05) is 36.9 Å². The molecule has 7 aliphatic heterocycles. The number of piperazine rings is 1. The van der Waals surface area contributed by atoms with Crippen LogP contribution in [-0.2, 0) is 23.9 Å². The maximum Gasteiger partial charge on any atom is 0.409 e. The average Bonchev–Trinajstić information content (AvgIpc) is 4.37. The van der Waals surface area contributed by atoms with E-state index in [2.05, 4.69) is 65.1 Å². The Morgan fingerprint density at radius 1 is 0.951 bits per heavy atom. The number of terminal acetylenes is 1. The summed E-state index contributed by atoms with van der Waals surface area (Å²) in [5, 5.41) is 6.85. The third kappa shape index (κ3) is 13.6. The lowest BCUT2D eigenvalue weighted by Crippen LogP contribution is -2.50. The molecule has 17 nitrogen and oxygen atoms in total. The Labute approximate surface area is 475 Å². The van der Waals surface area contributed by atoms with Gasteiger partial charge >= 0.3 is 6.09 Å². The summed E-state index contributed by atoms with van der Waals surface area (Å²) in [7, 11) is 5.46. The standard InChI is InChI=1S/C35H54N6O5.C27H25F2N5O/c1-26(6-11-34(44)36-24-42)41(25-43)32-10-7-29(21-33(32)37(2)3)28-14-17-38(18-15-28)22-27-12-19-39(20-13-27)35(45)46-23-31-9-8-30-5-4-16-40(30)31;1-4-19-22(28)11-8-16-6-5-7-20(23(16)19)25-24(29)26(32-15-35-3)21(12-31-25)27(30-2)34-13-17-9-10-18(14-34)33-17/h7,10,21,24-28,30-31H,4-6,8-9,11-20,22-23H2,1-3H3,(H,36,42,44);1,5-8,11-12,17-18,33H,2,9-10,13-15H2,3H3/b;27-21+,32-26+. The Kier molecular flexibility index (Phi) is 19.8. The van der Waals surface area contributed by atoms with Crippen LogP contribution in [0, 0.1) is 24.1 Å². The first kappa shape index (κ1) is 58.8. The van der Waals surface area contributed by atoms with E-state index in [4.69, 9.17) is 15.9 Å². The van der Waals surface area contributed by atoms with Crippen LogP contribution in [0.25, 0.3) is 16.5 Å². The van der Waals surface area contributed by atoms with Gasteiger partial charge in [-0.2, -0.15) is 0 Å². The minimum Gasteiger partial charge on any atom is -0.448 e. The third-order valence-corrected chi connectivity index (χ3v) is 17.6. The molecule has 5 unspecified atom stereocenters. The molecule has 3 aromatic carbocycles. The van der Waals surface area contributed by atoms with Gasteiger partial charge in [0.2, 0.25) is 18.7 Å². The number of rotatable bonds is 18. The number of hydrogen-bond acceptors (Lipinski definition) is 14. The number of benzene rings is 3. The van der Waals surface area contributed by atoms with Crippen molar-refractivity contribution in [3.05, 3.63) is 88.3 Å². The number of carbonyl (C=O) groups is 4. The normalized spacial score (nSPS) is 23.8. The lowest BCUT2D eigenvalue weighted by atomic mass is 9.87. The van der Waals surface area contributed by atoms with E-state index in [0.29, 0.717) is 77.1 Å². The molecule has 6 saturated heterocycles. The molecular weight excluding hydrogens is 1030 g/mol. The highest BCUT2D eigenvalue weighted by Crippen LogP contribution is 2.39. The monoisotopic (exact) mass is 1110 g/mol. The second kappa shape index (κ2) is 27.3. The van der Waals surface area contributed by atoms with E-state index >= 15 is 4.39 Å². The largest absolute Gasteiger partial charge is 0.448 e. The van der Waals surface area contributed by atoms with Gasteiger partial charge in [0.15, 0.2) is 5.83 Å². The van der Waals surface area contributed by atoms with Crippen LogP contribution in [-0.4, -0.2) is 180 Å². The molecule has 0 saturated carbocycles. The van der Waals surface area contributed by atoms with Gasteiger partial charge in [0.25, 0.3) is 0 Å². The smallest absolute Gasteiger partial charge is 0.409 e. The summed E-state index contributed by atoms with van der Waals surface area (Å²) in [6, 6.07) is 16.2. The van der Waals surface area contributed by atoms with Gasteiger partial charge in [-0.05, 0) is 145 Å². The number of nitrogens with zero attached hydrogens (tertiary/aromatic N) is 9. The van der Waals surface area contributed by atoms with Crippen LogP contribution >= 0.6 is 0 Å². The molecule has 81 heavy (non-hydrogen) atoms. The molecule has 2 bridgehead atoms. The van der Waals surface area contributed by atoms with Gasteiger partial charge in [0.05, 0.1) is 22.5 Å². The number of amides is 4. The van der Waals surface area contributed by atoms with E-state index in [0.717, 1.165) is 121 Å². The van der Waals surface area contributed by atoms with Gasteiger partial charge in [-0.15, -0.1) is 6.42 Å². The molecule has 7 aliphatic rings. The lowest BCUT2D eigenvalue weighted by molar-refractivity contribution is -0.125. The highest BCUT2D eigenvalue weighted by Gasteiger charge is 2.39. The summed E-state index contributed by atoms with van der Waals surface area (Å²) in [4.78, 5) is 73.3. The molecule has 4 amide bonds. The molecule has 10 rings (SSSR count). The maximum atomic E-state index is 16.2. The number of nitrogens with one attached hydrogen (secondary N) is 2. The van der Waals surface area contributed by atoms with Crippen molar-refractivity contribution in [1.29, 1.82) is 0 Å². The SMILES string of the molecule is C#Cc1c(F)ccc2cccc(C3=C(F)C(=N/COC)/C(=C(\N=C)N4CC5CCC(C4)N5)C=N3)c12.CC(CCC(=O)NC=O)N(C=O)c1ccc(C2CCN(CC3CCN(C(=O)OCC4CCC5CCCN54)CC3)CC2)cc1N(C)C. The first-order chi connectivity index (χ1) is 39.3. The summed E-state index contributed by atoms with van der Waals surface area (Å²) >= 11 is 0. The topological polar surface area (TPSA) is 167 Å². The van der Waals surface area contributed by atoms with Crippen molar-refractivity contribution in [3.8, 4) is 12.3 Å². The number of methoxy groups -OCH3 is 1. The van der Waals surface area contributed by atoms with Crippen molar-refractivity contribution >= 4 is 71.3 Å². The van der Waals surface area contributed by atoms with Crippen LogP contribution in [0.3, 0.4) is 0 Å². The molecule has 19 heteroatoms.